The van der Waals surface area contributed by atoms with E-state index in [-0.39, 0.29) is 0 Å². The van der Waals surface area contributed by atoms with E-state index in [0.29, 0.717) is 24.4 Å². The van der Waals surface area contributed by atoms with Crippen LogP contribution in [0.3, 0.4) is 0 Å². The van der Waals surface area contributed by atoms with Crippen LogP contribution < -0.4 is 10.1 Å². The summed E-state index contributed by atoms with van der Waals surface area (Å²) in [4.78, 5) is 12.9. The van der Waals surface area contributed by atoms with Crippen molar-refractivity contribution in [1.82, 2.24) is 15.0 Å². The number of hydrogen-bond donors (Lipinski definition) is 1. The highest BCUT2D eigenvalue weighted by atomic mass is 16.5. The van der Waals surface area contributed by atoms with E-state index in [1.807, 2.05) is 19.1 Å². The molecule has 0 fully saturated rings. The maximum absolute atomic E-state index is 5.50. The molecule has 0 amide bonds. The number of nitrogens with one attached hydrogen (secondary N) is 1. The molecule has 0 aliphatic rings. The quantitative estimate of drug-likeness (QED) is 0.876. The molecule has 0 radical (unpaired) electrons. The summed E-state index contributed by atoms with van der Waals surface area (Å²) in [5.74, 6) is 1.14. The van der Waals surface area contributed by atoms with Crippen LogP contribution in [0.25, 0.3) is 11.4 Å². The molecule has 1 aromatic carbocycles. The average Bonchev–Trinajstić information content (AvgIpc) is 2.52. The van der Waals surface area contributed by atoms with Crippen molar-refractivity contribution in [3.8, 4) is 17.4 Å². The molecule has 0 bridgehead atoms. The van der Waals surface area contributed by atoms with Gasteiger partial charge in [-0.1, -0.05) is 38.1 Å². The standard InChI is InChI=1S/C15H20N4O/c1-4-10-20-15-18-13(17-14(16-3)19-15)12-8-6-11(5-2)7-9-12/h6-9H,4-5,10H2,1-3H3,(H,16,17,18,19). The summed E-state index contributed by atoms with van der Waals surface area (Å²) < 4.78 is 5.50. The van der Waals surface area contributed by atoms with Crippen LogP contribution in [0.5, 0.6) is 6.01 Å². The molecule has 0 saturated carbocycles. The van der Waals surface area contributed by atoms with Crippen LogP contribution in [0, 0.1) is 0 Å². The molecule has 106 valence electrons. The molecule has 1 aromatic heterocycles. The summed E-state index contributed by atoms with van der Waals surface area (Å²) in [7, 11) is 1.78. The highest BCUT2D eigenvalue weighted by Gasteiger charge is 2.08. The van der Waals surface area contributed by atoms with Gasteiger partial charge in [-0.3, -0.25) is 0 Å². The Labute approximate surface area is 119 Å². The third-order valence-corrected chi connectivity index (χ3v) is 2.89. The summed E-state index contributed by atoms with van der Waals surface area (Å²) >= 11 is 0. The number of benzene rings is 1. The summed E-state index contributed by atoms with van der Waals surface area (Å²) in [6.07, 6.45) is 1.94. The SMILES string of the molecule is CCCOc1nc(NC)nc(-c2ccc(CC)cc2)n1. The third-order valence-electron chi connectivity index (χ3n) is 2.89. The molecule has 1 heterocycles. The Kier molecular flexibility index (Phi) is 4.87. The second-order valence-corrected chi connectivity index (χ2v) is 4.41. The van der Waals surface area contributed by atoms with Gasteiger partial charge in [-0.25, -0.2) is 0 Å². The zero-order valence-corrected chi connectivity index (χ0v) is 12.2. The van der Waals surface area contributed by atoms with Gasteiger partial charge < -0.3 is 10.1 Å². The van der Waals surface area contributed by atoms with E-state index in [9.17, 15) is 0 Å². The summed E-state index contributed by atoms with van der Waals surface area (Å²) in [5, 5.41) is 2.93. The molecule has 2 aromatic rings. The lowest BCUT2D eigenvalue weighted by Crippen LogP contribution is -2.06. The van der Waals surface area contributed by atoms with Crippen molar-refractivity contribution in [3.05, 3.63) is 29.8 Å². The Morgan fingerprint density at radius 1 is 1.05 bits per heavy atom. The molecule has 2 rings (SSSR count). The van der Waals surface area contributed by atoms with Crippen LogP contribution in [0.1, 0.15) is 25.8 Å². The van der Waals surface area contributed by atoms with Crippen molar-refractivity contribution >= 4 is 5.95 Å². The zero-order valence-electron chi connectivity index (χ0n) is 12.2. The van der Waals surface area contributed by atoms with Gasteiger partial charge in [-0.15, -0.1) is 0 Å². The third kappa shape index (κ3) is 3.44. The number of aryl methyl sites for hydroxylation is 1. The molecular weight excluding hydrogens is 252 g/mol. The predicted octanol–water partition coefficient (Wildman–Crippen LogP) is 2.93. The fourth-order valence-corrected chi connectivity index (χ4v) is 1.74. The minimum Gasteiger partial charge on any atom is -0.463 e. The van der Waals surface area contributed by atoms with Crippen LogP contribution in [-0.2, 0) is 6.42 Å². The molecule has 0 saturated heterocycles. The number of anilines is 1. The van der Waals surface area contributed by atoms with Gasteiger partial charge in [0.1, 0.15) is 0 Å². The minimum absolute atomic E-state index is 0.362. The molecule has 1 N–H and O–H groups in total. The first kappa shape index (κ1) is 14.2. The van der Waals surface area contributed by atoms with Gasteiger partial charge in [-0.05, 0) is 18.4 Å². The lowest BCUT2D eigenvalue weighted by Gasteiger charge is -2.08. The number of rotatable bonds is 6. The van der Waals surface area contributed by atoms with Crippen LogP contribution in [-0.4, -0.2) is 28.6 Å². The van der Waals surface area contributed by atoms with Gasteiger partial charge in [-0.2, -0.15) is 15.0 Å². The van der Waals surface area contributed by atoms with E-state index < -0.39 is 0 Å². The Balaban J connectivity index is 2.33. The lowest BCUT2D eigenvalue weighted by molar-refractivity contribution is 0.292. The van der Waals surface area contributed by atoms with Crippen molar-refractivity contribution in [2.24, 2.45) is 0 Å². The Bertz CT molecular complexity index is 554. The Morgan fingerprint density at radius 3 is 2.40 bits per heavy atom. The second-order valence-electron chi connectivity index (χ2n) is 4.41. The van der Waals surface area contributed by atoms with E-state index in [1.54, 1.807) is 7.05 Å². The first-order chi connectivity index (χ1) is 9.76. The molecule has 0 atom stereocenters. The summed E-state index contributed by atoms with van der Waals surface area (Å²) in [5.41, 5.74) is 2.25. The predicted molar refractivity (Wildman–Crippen MR) is 80.0 cm³/mol. The van der Waals surface area contributed by atoms with Crippen LogP contribution in [0.2, 0.25) is 0 Å². The second kappa shape index (κ2) is 6.84. The van der Waals surface area contributed by atoms with Gasteiger partial charge in [0, 0.05) is 12.6 Å². The van der Waals surface area contributed by atoms with E-state index in [0.717, 1.165) is 18.4 Å². The van der Waals surface area contributed by atoms with E-state index in [2.05, 4.69) is 39.3 Å². The largest absolute Gasteiger partial charge is 0.463 e. The molecule has 0 spiro atoms. The topological polar surface area (TPSA) is 59.9 Å². The molecule has 0 aliphatic carbocycles. The van der Waals surface area contributed by atoms with Crippen molar-refractivity contribution in [2.75, 3.05) is 19.0 Å². The first-order valence-electron chi connectivity index (χ1n) is 6.92. The van der Waals surface area contributed by atoms with Crippen molar-refractivity contribution < 1.29 is 4.74 Å². The number of aromatic nitrogens is 3. The number of ether oxygens (including phenoxy) is 1. The Morgan fingerprint density at radius 2 is 1.80 bits per heavy atom. The van der Waals surface area contributed by atoms with Gasteiger partial charge in [0.2, 0.25) is 5.95 Å². The van der Waals surface area contributed by atoms with E-state index in [4.69, 9.17) is 4.74 Å². The lowest BCUT2D eigenvalue weighted by atomic mass is 10.1. The summed E-state index contributed by atoms with van der Waals surface area (Å²) in [6.45, 7) is 4.78. The maximum atomic E-state index is 5.50. The molecule has 20 heavy (non-hydrogen) atoms. The molecular formula is C15H20N4O. The minimum atomic E-state index is 0.362. The van der Waals surface area contributed by atoms with Crippen LogP contribution >= 0.6 is 0 Å². The van der Waals surface area contributed by atoms with Gasteiger partial charge in [0.05, 0.1) is 6.61 Å². The van der Waals surface area contributed by atoms with Gasteiger partial charge in [0.15, 0.2) is 5.82 Å². The molecule has 0 unspecified atom stereocenters. The maximum Gasteiger partial charge on any atom is 0.321 e. The zero-order chi connectivity index (χ0) is 14.4. The monoisotopic (exact) mass is 272 g/mol. The molecule has 0 aliphatic heterocycles. The van der Waals surface area contributed by atoms with E-state index >= 15 is 0 Å². The van der Waals surface area contributed by atoms with Gasteiger partial charge >= 0.3 is 6.01 Å². The summed E-state index contributed by atoms with van der Waals surface area (Å²) in [6, 6.07) is 8.59. The van der Waals surface area contributed by atoms with E-state index in [1.165, 1.54) is 5.56 Å². The Hall–Kier alpha value is -2.17. The normalized spacial score (nSPS) is 10.3. The van der Waals surface area contributed by atoms with Crippen LogP contribution in [0.15, 0.2) is 24.3 Å². The molecule has 5 nitrogen and oxygen atoms in total. The fraction of sp³-hybridized carbons (Fsp3) is 0.400. The van der Waals surface area contributed by atoms with Crippen molar-refractivity contribution in [3.63, 3.8) is 0 Å². The fourth-order valence-electron chi connectivity index (χ4n) is 1.74. The first-order valence-corrected chi connectivity index (χ1v) is 6.92. The highest BCUT2D eigenvalue weighted by molar-refractivity contribution is 5.57. The van der Waals surface area contributed by atoms with Gasteiger partial charge in [0.25, 0.3) is 0 Å². The van der Waals surface area contributed by atoms with Crippen molar-refractivity contribution in [1.29, 1.82) is 0 Å². The average molecular weight is 272 g/mol. The number of hydrogen-bond acceptors (Lipinski definition) is 5. The molecule has 5 heteroatoms. The smallest absolute Gasteiger partial charge is 0.321 e. The van der Waals surface area contributed by atoms with Crippen LogP contribution in [0.4, 0.5) is 5.95 Å². The highest BCUT2D eigenvalue weighted by Crippen LogP contribution is 2.19. The number of nitrogens with zero attached hydrogens (tertiary/aromatic N) is 3. The van der Waals surface area contributed by atoms with Crippen molar-refractivity contribution in [2.45, 2.75) is 26.7 Å².